The number of hydrogen-bond acceptors (Lipinski definition) is 3. The molecule has 0 atom stereocenters. The van der Waals surface area contributed by atoms with Crippen molar-refractivity contribution in [1.82, 2.24) is 0 Å². The molecule has 3 heteroatoms. The van der Waals surface area contributed by atoms with Gasteiger partial charge in [0, 0.05) is 12.0 Å². The lowest BCUT2D eigenvalue weighted by Crippen LogP contribution is -1.99. The van der Waals surface area contributed by atoms with Crippen LogP contribution in [0.25, 0.3) is 5.57 Å². The molecule has 1 aromatic rings. The minimum Gasteiger partial charge on any atom is -0.395 e. The minimum atomic E-state index is 0.0682. The van der Waals surface area contributed by atoms with E-state index in [1.807, 2.05) is 12.1 Å². The van der Waals surface area contributed by atoms with Crippen LogP contribution in [-0.2, 0) is 4.84 Å². The molecule has 0 bridgehead atoms. The lowest BCUT2D eigenvalue weighted by molar-refractivity contribution is 0.101. The highest BCUT2D eigenvalue weighted by Crippen LogP contribution is 2.19. The van der Waals surface area contributed by atoms with Crippen molar-refractivity contribution in [3.05, 3.63) is 42.0 Å². The third-order valence-electron chi connectivity index (χ3n) is 2.59. The number of carbonyl (C=O) groups excluding carboxylic acids is 1. The topological polar surface area (TPSA) is 38.7 Å². The van der Waals surface area contributed by atoms with E-state index in [0.717, 1.165) is 23.3 Å². The first-order chi connectivity index (χ1) is 7.68. The second-order valence-electron chi connectivity index (χ2n) is 3.73. The van der Waals surface area contributed by atoms with E-state index in [1.54, 1.807) is 19.1 Å². The van der Waals surface area contributed by atoms with E-state index in [9.17, 15) is 4.79 Å². The highest BCUT2D eigenvalue weighted by molar-refractivity contribution is 6.23. The van der Waals surface area contributed by atoms with Gasteiger partial charge in [0.25, 0.3) is 0 Å². The maximum absolute atomic E-state index is 11.1. The molecule has 16 heavy (non-hydrogen) atoms. The predicted molar refractivity (Wildman–Crippen MR) is 63.5 cm³/mol. The second kappa shape index (κ2) is 4.31. The Balaban J connectivity index is 2.21. The van der Waals surface area contributed by atoms with Crippen LogP contribution < -0.4 is 0 Å². The normalized spacial score (nSPS) is 14.2. The van der Waals surface area contributed by atoms with E-state index in [0.29, 0.717) is 12.2 Å². The summed E-state index contributed by atoms with van der Waals surface area (Å²) in [6.07, 6.45) is 0.799. The Morgan fingerprint density at radius 3 is 2.44 bits per heavy atom. The van der Waals surface area contributed by atoms with Crippen molar-refractivity contribution < 1.29 is 9.63 Å². The zero-order chi connectivity index (χ0) is 11.5. The molecule has 82 valence electrons. The van der Waals surface area contributed by atoms with Crippen LogP contribution in [0, 0.1) is 0 Å². The first kappa shape index (κ1) is 10.6. The number of rotatable bonds is 3. The van der Waals surface area contributed by atoms with Gasteiger partial charge in [0.05, 0.1) is 5.71 Å². The van der Waals surface area contributed by atoms with Crippen molar-refractivity contribution in [1.29, 1.82) is 0 Å². The third-order valence-corrected chi connectivity index (χ3v) is 2.59. The van der Waals surface area contributed by atoms with E-state index in [1.165, 1.54) is 0 Å². The molecular weight excluding hydrogens is 202 g/mol. The van der Waals surface area contributed by atoms with Gasteiger partial charge in [0.15, 0.2) is 5.78 Å². The molecule has 1 aliphatic rings. The summed E-state index contributed by atoms with van der Waals surface area (Å²) in [6, 6.07) is 7.39. The molecule has 0 spiro atoms. The zero-order valence-corrected chi connectivity index (χ0v) is 9.19. The lowest BCUT2D eigenvalue weighted by Gasteiger charge is -2.04. The molecule has 1 aromatic carbocycles. The van der Waals surface area contributed by atoms with Crippen molar-refractivity contribution in [3.8, 4) is 0 Å². The summed E-state index contributed by atoms with van der Waals surface area (Å²) < 4.78 is 0. The second-order valence-corrected chi connectivity index (χ2v) is 3.73. The number of nitrogens with zero attached hydrogens (tertiary/aromatic N) is 1. The van der Waals surface area contributed by atoms with Gasteiger partial charge in [0.1, 0.15) is 6.61 Å². The van der Waals surface area contributed by atoms with E-state index in [2.05, 4.69) is 11.7 Å². The molecule has 3 nitrogen and oxygen atoms in total. The van der Waals surface area contributed by atoms with Crippen LogP contribution in [0.5, 0.6) is 0 Å². The molecule has 0 saturated carbocycles. The molecule has 0 radical (unpaired) electrons. The molecule has 2 rings (SSSR count). The summed E-state index contributed by atoms with van der Waals surface area (Å²) in [6.45, 7) is 6.16. The fourth-order valence-corrected chi connectivity index (χ4v) is 1.59. The summed E-state index contributed by atoms with van der Waals surface area (Å²) in [7, 11) is 0. The Bertz CT molecular complexity index is 457. The minimum absolute atomic E-state index is 0.0682. The van der Waals surface area contributed by atoms with Gasteiger partial charge >= 0.3 is 0 Å². The summed E-state index contributed by atoms with van der Waals surface area (Å²) in [5.74, 6) is 0.0682. The first-order valence-electron chi connectivity index (χ1n) is 5.18. The summed E-state index contributed by atoms with van der Waals surface area (Å²) in [5.41, 5.74) is 3.44. The van der Waals surface area contributed by atoms with Crippen LogP contribution in [0.3, 0.4) is 0 Å². The molecule has 0 aromatic heterocycles. The van der Waals surface area contributed by atoms with Gasteiger partial charge in [-0.3, -0.25) is 4.79 Å². The van der Waals surface area contributed by atoms with Crippen molar-refractivity contribution in [2.45, 2.75) is 13.3 Å². The van der Waals surface area contributed by atoms with Crippen LogP contribution in [-0.4, -0.2) is 18.1 Å². The summed E-state index contributed by atoms with van der Waals surface area (Å²) in [5, 5.41) is 3.92. The molecule has 1 aliphatic heterocycles. The average Bonchev–Trinajstić information content (AvgIpc) is 2.81. The fourth-order valence-electron chi connectivity index (χ4n) is 1.59. The standard InChI is InChI=1S/C13H13NO2/c1-9(13-7-8-16-14-13)11-3-5-12(6-4-11)10(2)15/h3-6H,1,7-8H2,2H3. The summed E-state index contributed by atoms with van der Waals surface area (Å²) in [4.78, 5) is 16.1. The van der Waals surface area contributed by atoms with E-state index in [4.69, 9.17) is 4.84 Å². The number of benzene rings is 1. The van der Waals surface area contributed by atoms with Crippen LogP contribution in [0.1, 0.15) is 29.3 Å². The largest absolute Gasteiger partial charge is 0.395 e. The van der Waals surface area contributed by atoms with Crippen molar-refractivity contribution >= 4 is 17.1 Å². The molecule has 0 N–H and O–H groups in total. The predicted octanol–water partition coefficient (Wildman–Crippen LogP) is 2.68. The van der Waals surface area contributed by atoms with Crippen LogP contribution in [0.15, 0.2) is 36.0 Å². The quantitative estimate of drug-likeness (QED) is 0.727. The van der Waals surface area contributed by atoms with Crippen LogP contribution in [0.2, 0.25) is 0 Å². The zero-order valence-electron chi connectivity index (χ0n) is 9.19. The molecule has 0 saturated heterocycles. The Morgan fingerprint density at radius 1 is 1.31 bits per heavy atom. The summed E-state index contributed by atoms with van der Waals surface area (Å²) >= 11 is 0. The average molecular weight is 215 g/mol. The Kier molecular flexibility index (Phi) is 2.86. The van der Waals surface area contributed by atoms with E-state index < -0.39 is 0 Å². The van der Waals surface area contributed by atoms with Gasteiger partial charge < -0.3 is 4.84 Å². The Morgan fingerprint density at radius 2 is 1.94 bits per heavy atom. The Labute approximate surface area is 94.4 Å². The number of hydrogen-bond donors (Lipinski definition) is 0. The SMILES string of the molecule is C=C(C1=NOCC1)c1ccc(C(C)=O)cc1. The van der Waals surface area contributed by atoms with Crippen LogP contribution >= 0.6 is 0 Å². The van der Waals surface area contributed by atoms with Gasteiger partial charge in [0.2, 0.25) is 0 Å². The molecule has 0 fully saturated rings. The first-order valence-corrected chi connectivity index (χ1v) is 5.18. The lowest BCUT2D eigenvalue weighted by atomic mass is 9.99. The number of carbonyl (C=O) groups is 1. The number of Topliss-reactive ketones (excluding diaryl/α,β-unsaturated/α-hetero) is 1. The molecule has 1 heterocycles. The number of oxime groups is 1. The number of allylic oxidation sites excluding steroid dienone is 1. The van der Waals surface area contributed by atoms with Crippen molar-refractivity contribution in [3.63, 3.8) is 0 Å². The van der Waals surface area contributed by atoms with Crippen molar-refractivity contribution in [2.75, 3.05) is 6.61 Å². The molecule has 0 unspecified atom stereocenters. The maximum Gasteiger partial charge on any atom is 0.159 e. The maximum atomic E-state index is 11.1. The Hall–Kier alpha value is -1.90. The third kappa shape index (κ3) is 2.03. The van der Waals surface area contributed by atoms with Gasteiger partial charge in [-0.25, -0.2) is 0 Å². The molecule has 0 aliphatic carbocycles. The highest BCUT2D eigenvalue weighted by atomic mass is 16.6. The fraction of sp³-hybridized carbons (Fsp3) is 0.231. The molecular formula is C13H13NO2. The van der Waals surface area contributed by atoms with E-state index in [-0.39, 0.29) is 5.78 Å². The highest BCUT2D eigenvalue weighted by Gasteiger charge is 2.13. The van der Waals surface area contributed by atoms with Crippen molar-refractivity contribution in [2.24, 2.45) is 5.16 Å². The van der Waals surface area contributed by atoms with E-state index >= 15 is 0 Å². The monoisotopic (exact) mass is 215 g/mol. The van der Waals surface area contributed by atoms with Gasteiger partial charge in [-0.15, -0.1) is 0 Å². The number of ketones is 1. The van der Waals surface area contributed by atoms with Gasteiger partial charge in [-0.05, 0) is 18.1 Å². The van der Waals surface area contributed by atoms with Gasteiger partial charge in [-0.1, -0.05) is 36.0 Å². The molecule has 0 amide bonds. The van der Waals surface area contributed by atoms with Crippen LogP contribution in [0.4, 0.5) is 0 Å². The smallest absolute Gasteiger partial charge is 0.159 e. The van der Waals surface area contributed by atoms with Gasteiger partial charge in [-0.2, -0.15) is 0 Å².